The molecule has 0 aliphatic carbocycles. The van der Waals surface area contributed by atoms with Gasteiger partial charge in [0, 0.05) is 18.4 Å². The fourth-order valence-corrected chi connectivity index (χ4v) is 3.61. The molecular formula is C17H14F3N11O2S. The quantitative estimate of drug-likeness (QED) is 0.218. The Morgan fingerprint density at radius 3 is 2.76 bits per heavy atom. The average Bonchev–Trinajstić information content (AvgIpc) is 3.51. The van der Waals surface area contributed by atoms with E-state index in [4.69, 9.17) is 5.73 Å². The molecule has 1 aromatic carbocycles. The van der Waals surface area contributed by atoms with E-state index in [9.17, 15) is 18.0 Å². The summed E-state index contributed by atoms with van der Waals surface area (Å²) < 4.78 is 46.8. The number of nitrogen functional groups attached to an aromatic ring is 1. The van der Waals surface area contributed by atoms with E-state index >= 15 is 0 Å². The van der Waals surface area contributed by atoms with Gasteiger partial charge in [0.25, 0.3) is 5.91 Å². The standard InChI is InChI=1S/C17H14F3N11O2S/c1-30-8-23-26-16(30)34-7-11-12(24-29-31(11)14-13(21)27-33-28-14)15(32)25-22-6-9-4-2-3-5-10(9)17(18,19)20/h2-6,8H,7H2,1H3,(H2,21,27)(H,25,32)/b22-6+. The number of amides is 1. The van der Waals surface area contributed by atoms with Crippen LogP contribution in [0.1, 0.15) is 27.3 Å². The smallest absolute Gasteiger partial charge is 0.378 e. The van der Waals surface area contributed by atoms with Gasteiger partial charge in [-0.1, -0.05) is 35.2 Å². The molecule has 34 heavy (non-hydrogen) atoms. The molecule has 0 radical (unpaired) electrons. The lowest BCUT2D eigenvalue weighted by molar-refractivity contribution is -0.137. The van der Waals surface area contributed by atoms with Crippen molar-refractivity contribution in [2.24, 2.45) is 12.1 Å². The molecule has 0 saturated heterocycles. The summed E-state index contributed by atoms with van der Waals surface area (Å²) in [6.45, 7) is 0. The molecule has 0 fully saturated rings. The number of alkyl halides is 3. The van der Waals surface area contributed by atoms with Crippen LogP contribution in [-0.2, 0) is 19.0 Å². The van der Waals surface area contributed by atoms with E-state index in [2.05, 4.69) is 46.0 Å². The van der Waals surface area contributed by atoms with Gasteiger partial charge in [0.2, 0.25) is 11.6 Å². The van der Waals surface area contributed by atoms with Crippen LogP contribution in [0.2, 0.25) is 0 Å². The van der Waals surface area contributed by atoms with Gasteiger partial charge in [-0.25, -0.2) is 10.1 Å². The van der Waals surface area contributed by atoms with Crippen LogP contribution in [0.15, 0.2) is 45.5 Å². The highest BCUT2D eigenvalue weighted by Crippen LogP contribution is 2.31. The van der Waals surface area contributed by atoms with Gasteiger partial charge in [0.1, 0.15) is 6.33 Å². The maximum Gasteiger partial charge on any atom is 0.417 e. The van der Waals surface area contributed by atoms with E-state index in [0.717, 1.165) is 17.0 Å². The minimum absolute atomic E-state index is 0.00252. The summed E-state index contributed by atoms with van der Waals surface area (Å²) in [5.41, 5.74) is 6.84. The Hall–Kier alpha value is -4.28. The van der Waals surface area contributed by atoms with Gasteiger partial charge >= 0.3 is 6.18 Å². The first-order valence-electron chi connectivity index (χ1n) is 9.25. The molecule has 17 heteroatoms. The van der Waals surface area contributed by atoms with Crippen molar-refractivity contribution < 1.29 is 22.6 Å². The number of thioether (sulfide) groups is 1. The van der Waals surface area contributed by atoms with Crippen molar-refractivity contribution >= 4 is 29.7 Å². The second-order valence-corrected chi connectivity index (χ2v) is 7.51. The zero-order valence-electron chi connectivity index (χ0n) is 17.1. The number of halogens is 3. The molecule has 0 spiro atoms. The Balaban J connectivity index is 1.59. The Bertz CT molecular complexity index is 1340. The molecule has 176 valence electrons. The number of carbonyl (C=O) groups excluding carboxylic acids is 1. The number of nitrogens with one attached hydrogen (secondary N) is 1. The summed E-state index contributed by atoms with van der Waals surface area (Å²) in [5.74, 6) is -0.795. The number of nitrogens with zero attached hydrogens (tertiary/aromatic N) is 9. The summed E-state index contributed by atoms with van der Waals surface area (Å²) in [5, 5.41) is 26.8. The van der Waals surface area contributed by atoms with Crippen molar-refractivity contribution in [2.45, 2.75) is 17.1 Å². The van der Waals surface area contributed by atoms with Crippen LogP contribution in [0.4, 0.5) is 19.0 Å². The molecule has 4 rings (SSSR count). The Labute approximate surface area is 192 Å². The Morgan fingerprint density at radius 1 is 1.29 bits per heavy atom. The number of hydrogen-bond acceptors (Lipinski definition) is 11. The third-order valence-corrected chi connectivity index (χ3v) is 5.36. The highest BCUT2D eigenvalue weighted by atomic mass is 32.2. The SMILES string of the molecule is Cn1cnnc1SCc1c(C(=O)N/N=C/c2ccccc2C(F)(F)F)nnn1-c1nonc1N. The van der Waals surface area contributed by atoms with E-state index in [1.54, 1.807) is 11.6 Å². The van der Waals surface area contributed by atoms with Gasteiger partial charge in [0.15, 0.2) is 10.9 Å². The van der Waals surface area contributed by atoms with Gasteiger partial charge in [-0.2, -0.15) is 23.0 Å². The Morgan fingerprint density at radius 2 is 2.09 bits per heavy atom. The van der Waals surface area contributed by atoms with Gasteiger partial charge in [0.05, 0.1) is 17.5 Å². The molecule has 13 nitrogen and oxygen atoms in total. The second-order valence-electron chi connectivity index (χ2n) is 6.57. The number of anilines is 1. The van der Waals surface area contributed by atoms with Crippen LogP contribution in [0.25, 0.3) is 5.82 Å². The van der Waals surface area contributed by atoms with Crippen LogP contribution >= 0.6 is 11.8 Å². The van der Waals surface area contributed by atoms with E-state index < -0.39 is 17.6 Å². The summed E-state index contributed by atoms with van der Waals surface area (Å²) in [7, 11) is 1.73. The number of hydrogen-bond donors (Lipinski definition) is 2. The van der Waals surface area contributed by atoms with Gasteiger partial charge in [-0.05, 0) is 16.4 Å². The predicted octanol–water partition coefficient (Wildman–Crippen LogP) is 1.44. The van der Waals surface area contributed by atoms with Gasteiger partial charge in [-0.3, -0.25) is 4.79 Å². The second kappa shape index (κ2) is 9.30. The van der Waals surface area contributed by atoms with Crippen LogP contribution in [0, 0.1) is 0 Å². The average molecular weight is 493 g/mol. The fraction of sp³-hybridized carbons (Fsp3) is 0.176. The summed E-state index contributed by atoms with van der Waals surface area (Å²) in [6.07, 6.45) is -2.19. The lowest BCUT2D eigenvalue weighted by Gasteiger charge is -2.09. The van der Waals surface area contributed by atoms with E-state index in [-0.39, 0.29) is 34.3 Å². The normalized spacial score (nSPS) is 11.9. The van der Waals surface area contributed by atoms with E-state index in [0.29, 0.717) is 5.16 Å². The first-order valence-corrected chi connectivity index (χ1v) is 10.2. The first kappa shape index (κ1) is 22.9. The Kier molecular flexibility index (Phi) is 6.26. The van der Waals surface area contributed by atoms with Gasteiger partial charge in [-0.15, -0.1) is 15.3 Å². The number of rotatable bonds is 7. The topological polar surface area (TPSA) is 168 Å². The van der Waals surface area contributed by atoms with Crippen molar-refractivity contribution in [2.75, 3.05) is 5.73 Å². The third kappa shape index (κ3) is 4.72. The van der Waals surface area contributed by atoms with Crippen LogP contribution < -0.4 is 11.2 Å². The molecule has 0 aliphatic rings. The maximum absolute atomic E-state index is 13.1. The highest BCUT2D eigenvalue weighted by Gasteiger charge is 2.32. The molecule has 3 aromatic heterocycles. The molecular weight excluding hydrogens is 479 g/mol. The largest absolute Gasteiger partial charge is 0.417 e. The number of aryl methyl sites for hydroxylation is 1. The fourth-order valence-electron chi connectivity index (χ4n) is 2.73. The third-order valence-electron chi connectivity index (χ3n) is 4.32. The summed E-state index contributed by atoms with van der Waals surface area (Å²) in [4.78, 5) is 12.7. The maximum atomic E-state index is 13.1. The highest BCUT2D eigenvalue weighted by molar-refractivity contribution is 7.98. The van der Waals surface area contributed by atoms with E-state index in [1.165, 1.54) is 36.3 Å². The number of carbonyl (C=O) groups is 1. The molecule has 0 unspecified atom stereocenters. The molecule has 0 bridgehead atoms. The molecule has 0 aliphatic heterocycles. The number of hydrazone groups is 1. The number of nitrogens with two attached hydrogens (primary N) is 1. The minimum Gasteiger partial charge on any atom is -0.378 e. The van der Waals surface area contributed by atoms with Crippen molar-refractivity contribution in [1.29, 1.82) is 0 Å². The predicted molar refractivity (Wildman–Crippen MR) is 111 cm³/mol. The molecule has 3 heterocycles. The first-order chi connectivity index (χ1) is 16.3. The van der Waals surface area contributed by atoms with Crippen molar-refractivity contribution in [3.63, 3.8) is 0 Å². The molecule has 1 amide bonds. The monoisotopic (exact) mass is 493 g/mol. The van der Waals surface area contributed by atoms with Crippen LogP contribution in [-0.4, -0.2) is 52.2 Å². The summed E-state index contributed by atoms with van der Waals surface area (Å²) >= 11 is 1.21. The molecule has 4 aromatic rings. The lowest BCUT2D eigenvalue weighted by Crippen LogP contribution is -2.20. The zero-order valence-corrected chi connectivity index (χ0v) is 17.9. The van der Waals surface area contributed by atoms with Gasteiger partial charge < -0.3 is 10.3 Å². The summed E-state index contributed by atoms with van der Waals surface area (Å²) in [6, 6.07) is 4.80. The van der Waals surface area contributed by atoms with Crippen LogP contribution in [0.5, 0.6) is 0 Å². The van der Waals surface area contributed by atoms with Crippen molar-refractivity contribution in [3.8, 4) is 5.82 Å². The zero-order chi connectivity index (χ0) is 24.3. The lowest BCUT2D eigenvalue weighted by atomic mass is 10.1. The number of benzene rings is 1. The molecule has 0 saturated carbocycles. The van der Waals surface area contributed by atoms with Crippen molar-refractivity contribution in [1.82, 2.24) is 45.5 Å². The van der Waals surface area contributed by atoms with Crippen molar-refractivity contribution in [3.05, 3.63) is 53.1 Å². The number of aromatic nitrogens is 8. The minimum atomic E-state index is -4.58. The van der Waals surface area contributed by atoms with E-state index in [1.807, 2.05) is 0 Å². The van der Waals surface area contributed by atoms with Crippen LogP contribution in [0.3, 0.4) is 0 Å². The molecule has 3 N–H and O–H groups in total. The molecule has 0 atom stereocenters.